The third-order valence-corrected chi connectivity index (χ3v) is 7.12. The third-order valence-electron chi connectivity index (χ3n) is 6.82. The van der Waals surface area contributed by atoms with Crippen molar-refractivity contribution in [2.45, 2.75) is 26.8 Å². The number of anilines is 2. The summed E-state index contributed by atoms with van der Waals surface area (Å²) < 4.78 is 10.7. The Labute approximate surface area is 227 Å². The van der Waals surface area contributed by atoms with Crippen LogP contribution in [0.2, 0.25) is 5.02 Å². The van der Waals surface area contributed by atoms with E-state index in [0.717, 1.165) is 24.3 Å². The van der Waals surface area contributed by atoms with E-state index in [2.05, 4.69) is 18.7 Å². The van der Waals surface area contributed by atoms with Crippen molar-refractivity contribution in [2.75, 3.05) is 37.1 Å². The molecule has 0 saturated carbocycles. The first kappa shape index (κ1) is 27.1. The number of amides is 1. The highest BCUT2D eigenvalue weighted by atomic mass is 35.5. The van der Waals surface area contributed by atoms with Gasteiger partial charge >= 0.3 is 0 Å². The number of Topliss-reactive ketones (excluding diaryl/α,β-unsaturated/α-hetero) is 1. The monoisotopic (exact) mass is 534 g/mol. The lowest BCUT2D eigenvalue weighted by Gasteiger charge is -2.27. The molecule has 0 aliphatic carbocycles. The van der Waals surface area contributed by atoms with Crippen molar-refractivity contribution in [1.82, 2.24) is 0 Å². The molecular weight excluding hydrogens is 504 g/mol. The Kier molecular flexibility index (Phi) is 7.97. The molecule has 198 valence electrons. The number of carbonyl (C=O) groups excluding carboxylic acids is 2. The van der Waals surface area contributed by atoms with Gasteiger partial charge in [0.05, 0.1) is 36.4 Å². The van der Waals surface area contributed by atoms with E-state index in [-0.39, 0.29) is 27.7 Å². The van der Waals surface area contributed by atoms with Crippen molar-refractivity contribution < 1.29 is 24.2 Å². The first-order chi connectivity index (χ1) is 18.2. The van der Waals surface area contributed by atoms with E-state index in [1.54, 1.807) is 12.1 Å². The lowest BCUT2D eigenvalue weighted by Crippen LogP contribution is -2.29. The molecule has 1 heterocycles. The van der Waals surface area contributed by atoms with Gasteiger partial charge in [0.2, 0.25) is 0 Å². The summed E-state index contributed by atoms with van der Waals surface area (Å²) in [7, 11) is 2.91. The zero-order valence-electron chi connectivity index (χ0n) is 22.1. The highest BCUT2D eigenvalue weighted by Gasteiger charge is 2.47. The van der Waals surface area contributed by atoms with Crippen LogP contribution in [-0.4, -0.2) is 44.1 Å². The zero-order valence-corrected chi connectivity index (χ0v) is 22.9. The van der Waals surface area contributed by atoms with Crippen molar-refractivity contribution in [3.63, 3.8) is 0 Å². The molecule has 3 aromatic rings. The molecule has 7 nitrogen and oxygen atoms in total. The van der Waals surface area contributed by atoms with Gasteiger partial charge in [-0.1, -0.05) is 41.4 Å². The van der Waals surface area contributed by atoms with Gasteiger partial charge in [-0.3, -0.25) is 14.5 Å². The van der Waals surface area contributed by atoms with Crippen LogP contribution in [0.15, 0.2) is 66.2 Å². The SMILES string of the molecule is CCN(CC)c1ccc(C2/C(=C(\O)c3cc(Cl)c(OC)cc3OC)C(=O)C(=O)N2c2ccc(C)cc2)cc1. The number of ether oxygens (including phenoxy) is 2. The summed E-state index contributed by atoms with van der Waals surface area (Å²) in [4.78, 5) is 30.6. The topological polar surface area (TPSA) is 79.3 Å². The van der Waals surface area contributed by atoms with E-state index in [9.17, 15) is 14.7 Å². The summed E-state index contributed by atoms with van der Waals surface area (Å²) in [6.07, 6.45) is 0. The third kappa shape index (κ3) is 4.82. The van der Waals surface area contributed by atoms with Gasteiger partial charge in [0.25, 0.3) is 11.7 Å². The van der Waals surface area contributed by atoms with E-state index in [1.807, 2.05) is 43.3 Å². The molecule has 4 rings (SSSR count). The van der Waals surface area contributed by atoms with Crippen LogP contribution in [0.1, 0.15) is 36.6 Å². The molecule has 1 atom stereocenters. The molecular formula is C30H31ClN2O5. The van der Waals surface area contributed by atoms with Gasteiger partial charge in [-0.05, 0) is 56.7 Å². The Morgan fingerprint density at radius 3 is 2.11 bits per heavy atom. The Morgan fingerprint density at radius 2 is 1.55 bits per heavy atom. The predicted octanol–water partition coefficient (Wildman–Crippen LogP) is 6.14. The van der Waals surface area contributed by atoms with Gasteiger partial charge < -0.3 is 19.5 Å². The van der Waals surface area contributed by atoms with Crippen molar-refractivity contribution in [2.24, 2.45) is 0 Å². The standard InChI is InChI=1S/C30H31ClN2O5/c1-6-32(7-2)20-14-10-19(11-15-20)27-26(28(34)22-16-23(31)25(38-5)17-24(22)37-4)29(35)30(36)33(27)21-12-8-18(3)9-13-21/h8-17,27,34H,6-7H2,1-5H3/b28-26+. The summed E-state index contributed by atoms with van der Waals surface area (Å²) in [5.41, 5.74) is 3.41. The number of hydrogen-bond donors (Lipinski definition) is 1. The van der Waals surface area contributed by atoms with Crippen LogP contribution in [0, 0.1) is 6.92 Å². The van der Waals surface area contributed by atoms with Crippen LogP contribution in [0.4, 0.5) is 11.4 Å². The minimum atomic E-state index is -0.867. The summed E-state index contributed by atoms with van der Waals surface area (Å²) in [5, 5.41) is 11.8. The van der Waals surface area contributed by atoms with Crippen molar-refractivity contribution in [3.05, 3.63) is 87.9 Å². The fraction of sp³-hybridized carbons (Fsp3) is 0.267. The molecule has 38 heavy (non-hydrogen) atoms. The van der Waals surface area contributed by atoms with Crippen LogP contribution in [0.5, 0.6) is 11.5 Å². The zero-order chi connectivity index (χ0) is 27.6. The normalized spacial score (nSPS) is 16.6. The number of ketones is 1. The molecule has 3 aromatic carbocycles. The maximum Gasteiger partial charge on any atom is 0.300 e. The number of rotatable bonds is 8. The summed E-state index contributed by atoms with van der Waals surface area (Å²) >= 11 is 6.36. The average molecular weight is 535 g/mol. The van der Waals surface area contributed by atoms with Gasteiger partial charge in [0, 0.05) is 30.5 Å². The molecule has 1 fully saturated rings. The smallest absolute Gasteiger partial charge is 0.300 e. The largest absolute Gasteiger partial charge is 0.507 e. The second kappa shape index (κ2) is 11.2. The first-order valence-electron chi connectivity index (χ1n) is 12.4. The molecule has 1 unspecified atom stereocenters. The number of aliphatic hydroxyl groups is 1. The lowest BCUT2D eigenvalue weighted by atomic mass is 9.94. The van der Waals surface area contributed by atoms with Crippen LogP contribution >= 0.6 is 11.6 Å². The number of carbonyl (C=O) groups is 2. The highest BCUT2D eigenvalue weighted by Crippen LogP contribution is 2.45. The van der Waals surface area contributed by atoms with Crippen molar-refractivity contribution in [3.8, 4) is 11.5 Å². The van der Waals surface area contributed by atoms with Gasteiger partial charge in [0.15, 0.2) is 0 Å². The van der Waals surface area contributed by atoms with Crippen LogP contribution in [0.25, 0.3) is 5.76 Å². The Hall–Kier alpha value is -3.97. The summed E-state index contributed by atoms with van der Waals surface area (Å²) in [6, 6.07) is 17.2. The second-order valence-electron chi connectivity index (χ2n) is 8.96. The van der Waals surface area contributed by atoms with Gasteiger partial charge in [-0.2, -0.15) is 0 Å². The Balaban J connectivity index is 1.95. The van der Waals surface area contributed by atoms with Gasteiger partial charge in [-0.25, -0.2) is 0 Å². The number of halogens is 1. The number of hydrogen-bond acceptors (Lipinski definition) is 6. The van der Waals surface area contributed by atoms with Crippen LogP contribution in [-0.2, 0) is 9.59 Å². The molecule has 1 saturated heterocycles. The number of aliphatic hydroxyl groups excluding tert-OH is 1. The minimum absolute atomic E-state index is 0.0503. The van der Waals surface area contributed by atoms with Crippen LogP contribution < -0.4 is 19.3 Å². The fourth-order valence-corrected chi connectivity index (χ4v) is 5.01. The van der Waals surface area contributed by atoms with E-state index in [4.69, 9.17) is 21.1 Å². The fourth-order valence-electron chi connectivity index (χ4n) is 4.77. The van der Waals surface area contributed by atoms with E-state index in [1.165, 1.54) is 31.3 Å². The number of aryl methyl sites for hydroxylation is 1. The first-order valence-corrected chi connectivity index (χ1v) is 12.8. The maximum atomic E-state index is 13.5. The van der Waals surface area contributed by atoms with E-state index < -0.39 is 17.7 Å². The Morgan fingerprint density at radius 1 is 0.947 bits per heavy atom. The quantitative estimate of drug-likeness (QED) is 0.212. The Bertz CT molecular complexity index is 1380. The molecule has 0 aromatic heterocycles. The van der Waals surface area contributed by atoms with Gasteiger partial charge in [-0.15, -0.1) is 0 Å². The van der Waals surface area contributed by atoms with Crippen molar-refractivity contribution >= 4 is 40.4 Å². The highest BCUT2D eigenvalue weighted by molar-refractivity contribution is 6.51. The molecule has 0 bridgehead atoms. The number of benzene rings is 3. The van der Waals surface area contributed by atoms with Crippen molar-refractivity contribution in [1.29, 1.82) is 0 Å². The van der Waals surface area contributed by atoms with Gasteiger partial charge in [0.1, 0.15) is 17.3 Å². The van der Waals surface area contributed by atoms with E-state index >= 15 is 0 Å². The molecule has 8 heteroatoms. The van der Waals surface area contributed by atoms with Crippen LogP contribution in [0.3, 0.4) is 0 Å². The average Bonchev–Trinajstić information content (AvgIpc) is 3.19. The minimum Gasteiger partial charge on any atom is -0.507 e. The maximum absolute atomic E-state index is 13.5. The molecule has 1 N–H and O–H groups in total. The molecule has 1 aliphatic heterocycles. The molecule has 1 amide bonds. The van der Waals surface area contributed by atoms with E-state index in [0.29, 0.717) is 17.0 Å². The molecule has 1 aliphatic rings. The lowest BCUT2D eigenvalue weighted by molar-refractivity contribution is -0.132. The number of nitrogens with zero attached hydrogens (tertiary/aromatic N) is 2. The summed E-state index contributed by atoms with van der Waals surface area (Å²) in [6.45, 7) is 7.79. The molecule has 0 radical (unpaired) electrons. The second-order valence-corrected chi connectivity index (χ2v) is 9.36. The number of methoxy groups -OCH3 is 2. The summed E-state index contributed by atoms with van der Waals surface area (Å²) in [5.74, 6) is -1.30. The molecule has 0 spiro atoms. The predicted molar refractivity (Wildman–Crippen MR) is 151 cm³/mol.